The summed E-state index contributed by atoms with van der Waals surface area (Å²) in [5.74, 6) is 0.426. The molecule has 9 heteroatoms. The Bertz CT molecular complexity index is 1000. The Labute approximate surface area is 175 Å². The zero-order chi connectivity index (χ0) is 21.1. The van der Waals surface area contributed by atoms with Gasteiger partial charge < -0.3 is 20.9 Å². The lowest BCUT2D eigenvalue weighted by Crippen LogP contribution is -2.47. The summed E-state index contributed by atoms with van der Waals surface area (Å²) in [5.41, 5.74) is 10.1. The second-order valence-corrected chi connectivity index (χ2v) is 7.51. The van der Waals surface area contributed by atoms with E-state index in [1.165, 1.54) is 0 Å². The van der Waals surface area contributed by atoms with E-state index in [-0.39, 0.29) is 11.7 Å². The molecular formula is C21H26N8O. The summed E-state index contributed by atoms with van der Waals surface area (Å²) in [6, 6.07) is 7.54. The van der Waals surface area contributed by atoms with Gasteiger partial charge in [-0.05, 0) is 25.2 Å². The number of benzene rings is 1. The molecule has 1 aromatic carbocycles. The fraction of sp³-hybridized carbons (Fsp3) is 0.333. The highest BCUT2D eigenvalue weighted by molar-refractivity contribution is 6.32. The third kappa shape index (κ3) is 4.11. The van der Waals surface area contributed by atoms with Crippen molar-refractivity contribution < 1.29 is 4.79 Å². The van der Waals surface area contributed by atoms with Gasteiger partial charge in [0, 0.05) is 62.7 Å². The van der Waals surface area contributed by atoms with E-state index in [1.807, 2.05) is 29.2 Å². The molecule has 2 aromatic rings. The number of likely N-dealkylation sites (N-methyl/N-ethyl adjacent to an activating group) is 1. The van der Waals surface area contributed by atoms with Gasteiger partial charge in [0.05, 0.1) is 22.7 Å². The van der Waals surface area contributed by atoms with E-state index in [4.69, 9.17) is 11.1 Å². The van der Waals surface area contributed by atoms with Gasteiger partial charge in [-0.1, -0.05) is 6.07 Å². The maximum absolute atomic E-state index is 12.3. The van der Waals surface area contributed by atoms with Gasteiger partial charge in [-0.25, -0.2) is 4.99 Å². The van der Waals surface area contributed by atoms with Crippen molar-refractivity contribution in [3.8, 4) is 11.3 Å². The van der Waals surface area contributed by atoms with E-state index in [0.717, 1.165) is 37.4 Å². The second-order valence-electron chi connectivity index (χ2n) is 7.51. The number of hydrogen-bond acceptors (Lipinski definition) is 7. The first-order chi connectivity index (χ1) is 14.5. The molecule has 1 aromatic heterocycles. The minimum Gasteiger partial charge on any atom is -0.390 e. The summed E-state index contributed by atoms with van der Waals surface area (Å²) < 4.78 is 0. The molecule has 0 spiro atoms. The Morgan fingerprint density at radius 3 is 2.83 bits per heavy atom. The number of hydrogen-bond donors (Lipinski definition) is 4. The van der Waals surface area contributed by atoms with Crippen LogP contribution in [0.25, 0.3) is 11.3 Å². The summed E-state index contributed by atoms with van der Waals surface area (Å²) >= 11 is 0. The first-order valence-electron chi connectivity index (χ1n) is 10.0. The third-order valence-corrected chi connectivity index (χ3v) is 5.44. The number of nitrogens with zero attached hydrogens (tertiary/aromatic N) is 4. The number of amides is 1. The molecule has 2 aliphatic rings. The van der Waals surface area contributed by atoms with Crippen LogP contribution in [-0.4, -0.2) is 77.2 Å². The molecule has 0 atom stereocenters. The predicted octanol–water partition coefficient (Wildman–Crippen LogP) is 1.08. The van der Waals surface area contributed by atoms with E-state index < -0.39 is 0 Å². The first kappa shape index (κ1) is 19.8. The van der Waals surface area contributed by atoms with Crippen LogP contribution in [0.2, 0.25) is 0 Å². The number of aromatic amines is 1. The Morgan fingerprint density at radius 2 is 2.10 bits per heavy atom. The maximum Gasteiger partial charge on any atom is 0.224 e. The summed E-state index contributed by atoms with van der Waals surface area (Å²) in [7, 11) is 2.07. The monoisotopic (exact) mass is 406 g/mol. The van der Waals surface area contributed by atoms with Gasteiger partial charge in [-0.2, -0.15) is 5.10 Å². The normalized spacial score (nSPS) is 18.3. The highest BCUT2D eigenvalue weighted by Gasteiger charge is 2.22. The van der Waals surface area contributed by atoms with Crippen LogP contribution in [0.15, 0.2) is 47.2 Å². The van der Waals surface area contributed by atoms with Gasteiger partial charge in [-0.3, -0.25) is 15.3 Å². The Balaban J connectivity index is 1.39. The van der Waals surface area contributed by atoms with Crippen LogP contribution in [0, 0.1) is 5.41 Å². The lowest BCUT2D eigenvalue weighted by atomic mass is 9.95. The number of piperazine rings is 1. The molecule has 3 heterocycles. The lowest BCUT2D eigenvalue weighted by Gasteiger charge is -2.32. The number of aliphatic imine (C=N–C) groups is 1. The van der Waals surface area contributed by atoms with Gasteiger partial charge >= 0.3 is 0 Å². The number of nitrogens with one attached hydrogen (secondary N) is 3. The van der Waals surface area contributed by atoms with Crippen molar-refractivity contribution in [1.29, 1.82) is 5.41 Å². The summed E-state index contributed by atoms with van der Waals surface area (Å²) in [4.78, 5) is 20.9. The van der Waals surface area contributed by atoms with Crippen molar-refractivity contribution in [2.24, 2.45) is 10.7 Å². The highest BCUT2D eigenvalue weighted by Crippen LogP contribution is 2.31. The Hall–Kier alpha value is -3.46. The van der Waals surface area contributed by atoms with Crippen molar-refractivity contribution in [2.75, 3.05) is 39.8 Å². The average molecular weight is 406 g/mol. The number of rotatable bonds is 5. The molecule has 0 aliphatic carbocycles. The van der Waals surface area contributed by atoms with Crippen molar-refractivity contribution in [1.82, 2.24) is 25.3 Å². The molecule has 1 saturated heterocycles. The Morgan fingerprint density at radius 1 is 1.30 bits per heavy atom. The molecular weight excluding hydrogens is 380 g/mol. The summed E-state index contributed by atoms with van der Waals surface area (Å²) in [5, 5.41) is 18.6. The maximum atomic E-state index is 12.3. The van der Waals surface area contributed by atoms with Gasteiger partial charge in [0.15, 0.2) is 0 Å². The van der Waals surface area contributed by atoms with Crippen molar-refractivity contribution in [3.05, 3.63) is 47.8 Å². The van der Waals surface area contributed by atoms with Crippen LogP contribution >= 0.6 is 0 Å². The van der Waals surface area contributed by atoms with Crippen molar-refractivity contribution in [2.45, 2.75) is 6.42 Å². The van der Waals surface area contributed by atoms with E-state index in [0.29, 0.717) is 35.5 Å². The van der Waals surface area contributed by atoms with E-state index >= 15 is 0 Å². The number of carbonyl (C=O) groups excluding carboxylic acids is 1. The molecule has 1 amide bonds. The van der Waals surface area contributed by atoms with E-state index in [2.05, 4.69) is 32.5 Å². The Kier molecular flexibility index (Phi) is 5.62. The summed E-state index contributed by atoms with van der Waals surface area (Å²) in [6.45, 7) is 3.86. The fourth-order valence-corrected chi connectivity index (χ4v) is 3.59. The van der Waals surface area contributed by atoms with Crippen LogP contribution in [0.5, 0.6) is 0 Å². The molecule has 0 bridgehead atoms. The first-order valence-corrected chi connectivity index (χ1v) is 10.0. The van der Waals surface area contributed by atoms with Crippen LogP contribution in [0.1, 0.15) is 12.0 Å². The molecule has 156 valence electrons. The molecule has 5 N–H and O–H groups in total. The summed E-state index contributed by atoms with van der Waals surface area (Å²) in [6.07, 6.45) is 3.85. The molecule has 4 rings (SSSR count). The second kappa shape index (κ2) is 8.50. The van der Waals surface area contributed by atoms with Crippen molar-refractivity contribution in [3.63, 3.8) is 0 Å². The molecule has 30 heavy (non-hydrogen) atoms. The molecule has 0 unspecified atom stereocenters. The molecule has 2 aliphatic heterocycles. The molecule has 1 fully saturated rings. The van der Waals surface area contributed by atoms with Gasteiger partial charge in [0.25, 0.3) is 0 Å². The average Bonchev–Trinajstić information content (AvgIpc) is 3.28. The van der Waals surface area contributed by atoms with Crippen LogP contribution < -0.4 is 11.1 Å². The zero-order valence-electron chi connectivity index (χ0n) is 17.0. The van der Waals surface area contributed by atoms with E-state index in [1.54, 1.807) is 12.4 Å². The highest BCUT2D eigenvalue weighted by atomic mass is 16.2. The standard InChI is InChI=1S/C21H26N8O/c1-28-8-10-29(11-9-28)19(30)5-6-24-13-16-20(22)15-3-2-14(17-4-7-25-27-17)12-18(15)26-21(16)23/h2-4,7,12-13,22,24H,5-6,8-11H2,1H3,(H2,23,26)(H,25,27)/b16-13+,22-20?. The topological polar surface area (TPSA) is 126 Å². The quantitative estimate of drug-likeness (QED) is 0.553. The SMILES string of the molecule is CN1CCN(C(=O)CCN/C=C2\C(=N)c3ccc(-c4cc[nH]n4)cc3N=C2N)CC1. The van der Waals surface area contributed by atoms with Gasteiger partial charge in [0.2, 0.25) is 5.91 Å². The lowest BCUT2D eigenvalue weighted by molar-refractivity contribution is -0.132. The number of amidine groups is 1. The smallest absolute Gasteiger partial charge is 0.224 e. The predicted molar refractivity (Wildman–Crippen MR) is 117 cm³/mol. The van der Waals surface area contributed by atoms with Crippen LogP contribution in [0.4, 0.5) is 5.69 Å². The number of aromatic nitrogens is 2. The number of H-pyrrole nitrogens is 1. The van der Waals surface area contributed by atoms with Gasteiger partial charge in [0.1, 0.15) is 5.84 Å². The molecule has 0 saturated carbocycles. The minimum absolute atomic E-state index is 0.144. The molecule has 9 nitrogen and oxygen atoms in total. The van der Waals surface area contributed by atoms with Crippen LogP contribution in [-0.2, 0) is 4.79 Å². The van der Waals surface area contributed by atoms with Gasteiger partial charge in [-0.15, -0.1) is 0 Å². The minimum atomic E-state index is 0.144. The van der Waals surface area contributed by atoms with Crippen molar-refractivity contribution >= 4 is 23.1 Å². The number of nitrogens with two attached hydrogens (primary N) is 1. The van der Waals surface area contributed by atoms with Crippen LogP contribution in [0.3, 0.4) is 0 Å². The fourth-order valence-electron chi connectivity index (χ4n) is 3.59. The third-order valence-electron chi connectivity index (χ3n) is 5.44. The zero-order valence-corrected chi connectivity index (χ0v) is 17.0. The van der Waals surface area contributed by atoms with E-state index in [9.17, 15) is 4.79 Å². The molecule has 0 radical (unpaired) electrons. The largest absolute Gasteiger partial charge is 0.390 e. The number of carbonyl (C=O) groups is 1. The number of fused-ring (bicyclic) bond motifs is 1.